The molecular weight excluding hydrogens is 442 g/mol. The highest BCUT2D eigenvalue weighted by atomic mass is 16.5. The molecule has 3 aromatic rings. The first-order chi connectivity index (χ1) is 17.1. The summed E-state index contributed by atoms with van der Waals surface area (Å²) in [6, 6.07) is 24.2. The Morgan fingerprint density at radius 1 is 0.857 bits per heavy atom. The third kappa shape index (κ3) is 6.83. The summed E-state index contributed by atoms with van der Waals surface area (Å²) >= 11 is 0. The van der Waals surface area contributed by atoms with Crippen molar-refractivity contribution in [2.24, 2.45) is 0 Å². The number of para-hydroxylation sites is 1. The van der Waals surface area contributed by atoms with E-state index in [-0.39, 0.29) is 19.1 Å². The molecule has 1 aliphatic rings. The van der Waals surface area contributed by atoms with Gasteiger partial charge in [-0.15, -0.1) is 0 Å². The highest BCUT2D eigenvalue weighted by molar-refractivity contribution is 5.96. The van der Waals surface area contributed by atoms with Gasteiger partial charge in [0.1, 0.15) is 12.4 Å². The van der Waals surface area contributed by atoms with Crippen molar-refractivity contribution in [1.82, 2.24) is 4.90 Å². The molecule has 7 heteroatoms. The fourth-order valence-electron chi connectivity index (χ4n) is 4.01. The van der Waals surface area contributed by atoms with Crippen molar-refractivity contribution < 1.29 is 19.1 Å². The average molecular weight is 474 g/mol. The Balaban J connectivity index is 1.26. The van der Waals surface area contributed by atoms with E-state index in [2.05, 4.69) is 22.0 Å². The molecule has 1 amide bonds. The van der Waals surface area contributed by atoms with E-state index in [1.165, 1.54) is 0 Å². The summed E-state index contributed by atoms with van der Waals surface area (Å²) in [6.07, 6.45) is 0. The van der Waals surface area contributed by atoms with Crippen LogP contribution in [0.1, 0.15) is 22.8 Å². The van der Waals surface area contributed by atoms with Gasteiger partial charge in [0.25, 0.3) is 5.91 Å². The van der Waals surface area contributed by atoms with Gasteiger partial charge in [0, 0.05) is 43.1 Å². The summed E-state index contributed by atoms with van der Waals surface area (Å²) < 4.78 is 11.0. The molecule has 1 fully saturated rings. The van der Waals surface area contributed by atoms with E-state index in [1.54, 1.807) is 12.1 Å². The molecule has 1 saturated heterocycles. The van der Waals surface area contributed by atoms with Gasteiger partial charge in [-0.2, -0.15) is 0 Å². The Kier molecular flexibility index (Phi) is 8.35. The summed E-state index contributed by atoms with van der Waals surface area (Å²) in [6.45, 7) is 7.22. The predicted octanol–water partition coefficient (Wildman–Crippen LogP) is 4.20. The second kappa shape index (κ2) is 12.0. The maximum Gasteiger partial charge on any atom is 0.339 e. The zero-order valence-electron chi connectivity index (χ0n) is 20.0. The number of hydrogen-bond acceptors (Lipinski definition) is 6. The number of likely N-dealkylation sites (N-methyl/N-ethyl adjacent to an activating group) is 1. The second-order valence-corrected chi connectivity index (χ2v) is 8.35. The van der Waals surface area contributed by atoms with Crippen LogP contribution in [0.25, 0.3) is 0 Å². The number of carbonyl (C=O) groups is 2. The molecular formula is C28H31N3O4. The Labute approximate surface area is 206 Å². The van der Waals surface area contributed by atoms with Crippen molar-refractivity contribution in [2.45, 2.75) is 13.5 Å². The van der Waals surface area contributed by atoms with Crippen LogP contribution in [-0.4, -0.2) is 56.1 Å². The van der Waals surface area contributed by atoms with Crippen molar-refractivity contribution in [3.63, 3.8) is 0 Å². The van der Waals surface area contributed by atoms with Crippen LogP contribution in [0.5, 0.6) is 5.75 Å². The number of piperazine rings is 1. The first-order valence-electron chi connectivity index (χ1n) is 11.9. The standard InChI is InChI=1S/C28H31N3O4/c1-2-30-16-18-31(19-17-30)24-14-12-23(13-15-24)29-27(32)21-35-28(33)26-11-7-6-8-22(26)20-34-25-9-4-3-5-10-25/h3-15H,2,16-21H2,1H3,(H,29,32). The molecule has 0 spiro atoms. The number of nitrogens with one attached hydrogen (secondary N) is 1. The average Bonchev–Trinajstić information content (AvgIpc) is 2.92. The Morgan fingerprint density at radius 2 is 1.54 bits per heavy atom. The first kappa shape index (κ1) is 24.3. The van der Waals surface area contributed by atoms with Gasteiger partial charge in [0.05, 0.1) is 5.56 Å². The van der Waals surface area contributed by atoms with Crippen LogP contribution in [0.4, 0.5) is 11.4 Å². The minimum atomic E-state index is -0.561. The number of benzene rings is 3. The van der Waals surface area contributed by atoms with Crippen LogP contribution >= 0.6 is 0 Å². The van der Waals surface area contributed by atoms with Crippen LogP contribution in [0.15, 0.2) is 78.9 Å². The quantitative estimate of drug-likeness (QED) is 0.470. The largest absolute Gasteiger partial charge is 0.489 e. The van der Waals surface area contributed by atoms with Gasteiger partial charge in [0.2, 0.25) is 0 Å². The van der Waals surface area contributed by atoms with Gasteiger partial charge < -0.3 is 24.6 Å². The number of carbonyl (C=O) groups excluding carboxylic acids is 2. The summed E-state index contributed by atoms with van der Waals surface area (Å²) in [4.78, 5) is 29.8. The van der Waals surface area contributed by atoms with E-state index >= 15 is 0 Å². The zero-order chi connectivity index (χ0) is 24.5. The van der Waals surface area contributed by atoms with E-state index in [0.29, 0.717) is 22.6 Å². The molecule has 0 radical (unpaired) electrons. The first-order valence-corrected chi connectivity index (χ1v) is 11.9. The molecule has 0 unspecified atom stereocenters. The molecule has 35 heavy (non-hydrogen) atoms. The van der Waals surface area contributed by atoms with Crippen molar-refractivity contribution in [2.75, 3.05) is 49.5 Å². The number of ether oxygens (including phenoxy) is 2. The molecule has 0 aromatic heterocycles. The number of anilines is 2. The van der Waals surface area contributed by atoms with Crippen molar-refractivity contribution >= 4 is 23.3 Å². The number of nitrogens with zero attached hydrogens (tertiary/aromatic N) is 2. The zero-order valence-corrected chi connectivity index (χ0v) is 20.0. The number of esters is 1. The topological polar surface area (TPSA) is 71.1 Å². The lowest BCUT2D eigenvalue weighted by atomic mass is 10.1. The number of rotatable bonds is 9. The fraction of sp³-hybridized carbons (Fsp3) is 0.286. The Hall–Kier alpha value is -3.84. The van der Waals surface area contributed by atoms with Gasteiger partial charge in [-0.3, -0.25) is 4.79 Å². The SMILES string of the molecule is CCN1CCN(c2ccc(NC(=O)COC(=O)c3ccccc3COc3ccccc3)cc2)CC1. The normalized spacial score (nSPS) is 13.8. The monoisotopic (exact) mass is 473 g/mol. The minimum absolute atomic E-state index is 0.224. The molecule has 4 rings (SSSR count). The third-order valence-corrected chi connectivity index (χ3v) is 6.04. The van der Waals surface area contributed by atoms with Gasteiger partial charge in [0.15, 0.2) is 6.61 Å². The number of amides is 1. The summed E-state index contributed by atoms with van der Waals surface area (Å²) in [5, 5.41) is 2.79. The molecule has 0 bridgehead atoms. The van der Waals surface area contributed by atoms with Crippen LogP contribution in [0, 0.1) is 0 Å². The Bertz CT molecular complexity index is 1110. The lowest BCUT2D eigenvalue weighted by Crippen LogP contribution is -2.46. The van der Waals surface area contributed by atoms with Crippen molar-refractivity contribution in [3.05, 3.63) is 90.0 Å². The van der Waals surface area contributed by atoms with Crippen LogP contribution in [0.3, 0.4) is 0 Å². The van der Waals surface area contributed by atoms with Gasteiger partial charge in [-0.05, 0) is 49.0 Å². The van der Waals surface area contributed by atoms with Crippen LogP contribution in [0.2, 0.25) is 0 Å². The minimum Gasteiger partial charge on any atom is -0.489 e. The van der Waals surface area contributed by atoms with E-state index in [0.717, 1.165) is 38.4 Å². The summed E-state index contributed by atoms with van der Waals surface area (Å²) in [7, 11) is 0. The molecule has 182 valence electrons. The number of hydrogen-bond donors (Lipinski definition) is 1. The van der Waals surface area contributed by atoms with Crippen molar-refractivity contribution in [3.8, 4) is 5.75 Å². The lowest BCUT2D eigenvalue weighted by Gasteiger charge is -2.35. The van der Waals surface area contributed by atoms with Crippen LogP contribution in [-0.2, 0) is 16.1 Å². The molecule has 3 aromatic carbocycles. The van der Waals surface area contributed by atoms with E-state index < -0.39 is 5.97 Å². The third-order valence-electron chi connectivity index (χ3n) is 6.04. The van der Waals surface area contributed by atoms with E-state index in [9.17, 15) is 9.59 Å². The van der Waals surface area contributed by atoms with Crippen LogP contribution < -0.4 is 15.0 Å². The highest BCUT2D eigenvalue weighted by Gasteiger charge is 2.17. The maximum atomic E-state index is 12.6. The fourth-order valence-corrected chi connectivity index (χ4v) is 4.01. The van der Waals surface area contributed by atoms with Crippen molar-refractivity contribution in [1.29, 1.82) is 0 Å². The summed E-state index contributed by atoms with van der Waals surface area (Å²) in [5.41, 5.74) is 2.87. The molecule has 1 heterocycles. The molecule has 0 aliphatic carbocycles. The molecule has 1 aliphatic heterocycles. The van der Waals surface area contributed by atoms with Gasteiger partial charge >= 0.3 is 5.97 Å². The molecule has 7 nitrogen and oxygen atoms in total. The lowest BCUT2D eigenvalue weighted by molar-refractivity contribution is -0.119. The predicted molar refractivity (Wildman–Crippen MR) is 137 cm³/mol. The highest BCUT2D eigenvalue weighted by Crippen LogP contribution is 2.20. The molecule has 1 N–H and O–H groups in total. The van der Waals surface area contributed by atoms with E-state index in [4.69, 9.17) is 9.47 Å². The molecule has 0 saturated carbocycles. The molecule has 0 atom stereocenters. The van der Waals surface area contributed by atoms with E-state index in [1.807, 2.05) is 66.7 Å². The maximum absolute atomic E-state index is 12.6. The second-order valence-electron chi connectivity index (χ2n) is 8.35. The van der Waals surface area contributed by atoms with Gasteiger partial charge in [-0.25, -0.2) is 4.79 Å². The smallest absolute Gasteiger partial charge is 0.339 e. The summed E-state index contributed by atoms with van der Waals surface area (Å²) in [5.74, 6) is -0.237. The van der Waals surface area contributed by atoms with Gasteiger partial charge in [-0.1, -0.05) is 43.3 Å². The Morgan fingerprint density at radius 3 is 2.26 bits per heavy atom.